The highest BCUT2D eigenvalue weighted by atomic mass is 19.2. The molecule has 0 aliphatic carbocycles. The Morgan fingerprint density at radius 2 is 1.10 bits per heavy atom. The summed E-state index contributed by atoms with van der Waals surface area (Å²) in [6.45, 7) is 0. The summed E-state index contributed by atoms with van der Waals surface area (Å²) in [6, 6.07) is 18.7. The molecule has 0 aliphatic heterocycles. The molecular weight excluding hydrogens is 826 g/mol. The zero-order valence-corrected chi connectivity index (χ0v) is 30.6. The molecule has 0 bridgehead atoms. The lowest BCUT2D eigenvalue weighted by molar-refractivity contribution is 0.111. The minimum atomic E-state index is -1.68. The molecule has 5 N–H and O–H groups in total. The fourth-order valence-electron chi connectivity index (χ4n) is 5.31. The lowest BCUT2D eigenvalue weighted by atomic mass is 9.95. The first kappa shape index (κ1) is 44.3. The molecule has 1 atom stereocenters. The van der Waals surface area contributed by atoms with Gasteiger partial charge >= 0.3 is 0 Å². The van der Waals surface area contributed by atoms with Gasteiger partial charge in [-0.3, -0.25) is 14.8 Å². The number of fused-ring (bicyclic) bond motifs is 2. The van der Waals surface area contributed by atoms with Crippen LogP contribution in [0, 0.1) is 58.2 Å². The molecule has 4 heterocycles. The van der Waals surface area contributed by atoms with Crippen molar-refractivity contribution in [2.24, 2.45) is 0 Å². The van der Waals surface area contributed by atoms with E-state index in [2.05, 4.69) is 25.3 Å². The van der Waals surface area contributed by atoms with E-state index in [1.807, 2.05) is 18.2 Å². The van der Waals surface area contributed by atoms with E-state index in [0.717, 1.165) is 23.8 Å². The Morgan fingerprint density at radius 3 is 1.61 bits per heavy atom. The van der Waals surface area contributed by atoms with Gasteiger partial charge in [-0.25, -0.2) is 53.9 Å². The summed E-state index contributed by atoms with van der Waals surface area (Å²) in [4.78, 5) is 25.2. The second-order valence-corrected chi connectivity index (χ2v) is 12.2. The van der Waals surface area contributed by atoms with Crippen molar-refractivity contribution in [3.8, 4) is 11.5 Å². The van der Waals surface area contributed by atoms with Crippen LogP contribution in [0.25, 0.3) is 21.8 Å². The average Bonchev–Trinajstić information content (AvgIpc) is 3.25. The number of nitrogens with zero attached hydrogens (tertiary/aromatic N) is 4. The molecule has 9 nitrogen and oxygen atoms in total. The predicted octanol–water partition coefficient (Wildman–Crippen LogP) is 10.0. The number of para-hydroxylation sites is 1. The van der Waals surface area contributed by atoms with Crippen LogP contribution in [0.15, 0.2) is 116 Å². The smallest absolute Gasteiger partial charge is 0.172 e. The number of carbonyl (C=O) groups excluding carboxylic acids is 1. The number of rotatable bonds is 5. The van der Waals surface area contributed by atoms with Crippen molar-refractivity contribution >= 4 is 39.7 Å². The molecule has 0 aliphatic rings. The topological polar surface area (TPSA) is 147 Å². The molecule has 1 unspecified atom stereocenters. The molecule has 0 saturated carbocycles. The number of hydrogen-bond acceptors (Lipinski definition) is 9. The van der Waals surface area contributed by atoms with Gasteiger partial charge in [0.1, 0.15) is 45.8 Å². The molecule has 0 fully saturated rings. The number of aldehydes is 1. The second-order valence-electron chi connectivity index (χ2n) is 12.2. The van der Waals surface area contributed by atoms with Crippen molar-refractivity contribution in [1.29, 1.82) is 0 Å². The maximum absolute atomic E-state index is 14.6. The second kappa shape index (κ2) is 19.7. The number of aromatic nitrogens is 4. The standard InChI is InChI=1S/C21H12F5N3O.C9H7NO.C7H2F4O.C5H5FN2/c22-11-4-6-15(28-9-11)29-20(16-17(25)13(23)8-14(24)18(16)26)12-5-3-10-2-1-7-27-19(10)21(12)30;11-8-5-1-3-7-4-2-6-10-9(7)8;8-4-1-5(9)7(11)3(2-12)6(4)10;6-4-1-2-5(7)8-3-4/h1-9,20,30H,(H,28,29);1-6,11H;1-2H;1-3H,(H2,7,8). The Hall–Kier alpha value is -7.83. The fourth-order valence-corrected chi connectivity index (χ4v) is 5.31. The van der Waals surface area contributed by atoms with Crippen LogP contribution in [0.4, 0.5) is 55.5 Å². The molecule has 61 heavy (non-hydrogen) atoms. The maximum Gasteiger partial charge on any atom is 0.172 e. The summed E-state index contributed by atoms with van der Waals surface area (Å²) < 4.78 is 132. The molecule has 8 rings (SSSR count). The number of carbonyl (C=O) groups is 1. The van der Waals surface area contributed by atoms with Crippen LogP contribution >= 0.6 is 0 Å². The van der Waals surface area contributed by atoms with E-state index < -0.39 is 75.3 Å². The van der Waals surface area contributed by atoms with E-state index in [-0.39, 0.29) is 46.9 Å². The predicted molar refractivity (Wildman–Crippen MR) is 203 cm³/mol. The summed E-state index contributed by atoms with van der Waals surface area (Å²) in [5, 5.41) is 24.1. The number of pyridine rings is 4. The summed E-state index contributed by atoms with van der Waals surface area (Å²) in [7, 11) is 0. The van der Waals surface area contributed by atoms with Gasteiger partial charge in [0.05, 0.1) is 29.6 Å². The minimum absolute atomic E-state index is 0.0394. The molecule has 4 aromatic carbocycles. The summed E-state index contributed by atoms with van der Waals surface area (Å²) in [6.07, 6.45) is 4.72. The Kier molecular flexibility index (Phi) is 14.3. The number of aromatic hydroxyl groups is 2. The zero-order valence-electron chi connectivity index (χ0n) is 30.6. The highest BCUT2D eigenvalue weighted by molar-refractivity contribution is 5.86. The Bertz CT molecular complexity index is 2740. The monoisotopic (exact) mass is 852 g/mol. The summed E-state index contributed by atoms with van der Waals surface area (Å²) in [5.74, 6) is -14.0. The third-order valence-corrected chi connectivity index (χ3v) is 8.17. The van der Waals surface area contributed by atoms with E-state index >= 15 is 0 Å². The van der Waals surface area contributed by atoms with E-state index in [4.69, 9.17) is 5.73 Å². The molecule has 0 saturated heterocycles. The van der Waals surface area contributed by atoms with Crippen LogP contribution < -0.4 is 11.1 Å². The minimum Gasteiger partial charge on any atom is -0.506 e. The van der Waals surface area contributed by atoms with Gasteiger partial charge in [0, 0.05) is 40.9 Å². The van der Waals surface area contributed by atoms with Crippen LogP contribution in [0.2, 0.25) is 0 Å². The van der Waals surface area contributed by atoms with Crippen LogP contribution in [0.3, 0.4) is 0 Å². The molecule has 0 amide bonds. The van der Waals surface area contributed by atoms with Gasteiger partial charge in [0.2, 0.25) is 0 Å². The van der Waals surface area contributed by atoms with Gasteiger partial charge in [-0.2, -0.15) is 0 Å². The van der Waals surface area contributed by atoms with Crippen molar-refractivity contribution in [2.75, 3.05) is 11.1 Å². The van der Waals surface area contributed by atoms with Crippen LogP contribution in [-0.4, -0.2) is 36.4 Å². The first-order valence-corrected chi connectivity index (χ1v) is 17.1. The molecule has 19 heteroatoms. The molecule has 0 spiro atoms. The fraction of sp³-hybridized carbons (Fsp3) is 0.0238. The third kappa shape index (κ3) is 10.6. The van der Waals surface area contributed by atoms with Gasteiger partial charge in [0.25, 0.3) is 0 Å². The Morgan fingerprint density at radius 1 is 0.574 bits per heavy atom. The first-order valence-electron chi connectivity index (χ1n) is 17.1. The average molecular weight is 853 g/mol. The van der Waals surface area contributed by atoms with Gasteiger partial charge in [0.15, 0.2) is 52.8 Å². The van der Waals surface area contributed by atoms with Crippen molar-refractivity contribution in [3.05, 3.63) is 191 Å². The number of benzene rings is 4. The van der Waals surface area contributed by atoms with Crippen molar-refractivity contribution in [3.63, 3.8) is 0 Å². The van der Waals surface area contributed by atoms with Crippen LogP contribution in [-0.2, 0) is 0 Å². The number of anilines is 2. The number of nitrogens with two attached hydrogens (primary N) is 1. The lowest BCUT2D eigenvalue weighted by Crippen LogP contribution is -2.18. The van der Waals surface area contributed by atoms with Gasteiger partial charge in [-0.1, -0.05) is 36.4 Å². The lowest BCUT2D eigenvalue weighted by Gasteiger charge is -2.23. The van der Waals surface area contributed by atoms with E-state index in [1.54, 1.807) is 30.5 Å². The Balaban J connectivity index is 0.000000184. The quantitative estimate of drug-likeness (QED) is 0.0755. The molecule has 0 radical (unpaired) electrons. The third-order valence-electron chi connectivity index (χ3n) is 8.17. The van der Waals surface area contributed by atoms with Crippen molar-refractivity contribution in [1.82, 2.24) is 19.9 Å². The van der Waals surface area contributed by atoms with E-state index in [0.29, 0.717) is 16.7 Å². The van der Waals surface area contributed by atoms with Crippen molar-refractivity contribution in [2.45, 2.75) is 6.04 Å². The molecule has 312 valence electrons. The largest absolute Gasteiger partial charge is 0.506 e. The SMILES string of the molecule is Nc1ccc(F)cn1.O=Cc1c(F)c(F)cc(F)c1F.Oc1c(C(Nc2ccc(F)cn2)c2c(F)c(F)cc(F)c2F)ccc2cccnc12.Oc1cccc2cccnc12. The number of halogens is 10. The summed E-state index contributed by atoms with van der Waals surface area (Å²) >= 11 is 0. The van der Waals surface area contributed by atoms with E-state index in [9.17, 15) is 58.9 Å². The van der Waals surface area contributed by atoms with Crippen molar-refractivity contribution < 1.29 is 58.9 Å². The van der Waals surface area contributed by atoms with Crippen LogP contribution in [0.1, 0.15) is 27.5 Å². The van der Waals surface area contributed by atoms with Gasteiger partial charge in [-0.15, -0.1) is 0 Å². The number of nitrogen functional groups attached to an aromatic ring is 1. The number of nitrogens with one attached hydrogen (secondary N) is 1. The first-order chi connectivity index (χ1) is 29.1. The highest BCUT2D eigenvalue weighted by Crippen LogP contribution is 2.39. The van der Waals surface area contributed by atoms with Gasteiger partial charge < -0.3 is 21.3 Å². The van der Waals surface area contributed by atoms with E-state index in [1.165, 1.54) is 36.5 Å². The Labute approximate surface area is 337 Å². The normalized spacial score (nSPS) is 11.0. The molecular formula is C42H26F10N6O3. The molecule has 8 aromatic rings. The molecule has 4 aromatic heterocycles. The van der Waals surface area contributed by atoms with Gasteiger partial charge in [-0.05, 0) is 42.5 Å². The number of hydrogen-bond donors (Lipinski definition) is 4. The number of phenolic OH excluding ortho intramolecular Hbond substituents is 2. The summed E-state index contributed by atoms with van der Waals surface area (Å²) in [5.41, 5.74) is 3.57. The van der Waals surface area contributed by atoms with Crippen LogP contribution in [0.5, 0.6) is 11.5 Å². The number of phenols is 2. The zero-order chi connectivity index (χ0) is 44.4. The maximum atomic E-state index is 14.6. The highest BCUT2D eigenvalue weighted by Gasteiger charge is 2.30.